The van der Waals surface area contributed by atoms with Gasteiger partial charge in [-0.05, 0) is 6.07 Å². The number of rotatable bonds is 4. The standard InChI is InChI=1S/C10H11FO4/c11-7-4-2-1-3-6(7)10(15)8(12)5-9(13)14/h1-4,8,10,12,15H,5H2,(H,13,14). The van der Waals surface area contributed by atoms with E-state index in [1.165, 1.54) is 18.2 Å². The lowest BCUT2D eigenvalue weighted by atomic mass is 10.0. The van der Waals surface area contributed by atoms with Gasteiger partial charge in [-0.1, -0.05) is 18.2 Å². The van der Waals surface area contributed by atoms with Gasteiger partial charge in [-0.15, -0.1) is 0 Å². The van der Waals surface area contributed by atoms with Gasteiger partial charge in [-0.3, -0.25) is 4.79 Å². The van der Waals surface area contributed by atoms with Crippen molar-refractivity contribution in [2.45, 2.75) is 18.6 Å². The maximum absolute atomic E-state index is 13.1. The summed E-state index contributed by atoms with van der Waals surface area (Å²) in [7, 11) is 0. The molecule has 0 heterocycles. The smallest absolute Gasteiger partial charge is 0.306 e. The normalized spacial score (nSPS) is 14.6. The number of benzene rings is 1. The average Bonchev–Trinajstić information content (AvgIpc) is 2.16. The molecule has 2 unspecified atom stereocenters. The van der Waals surface area contributed by atoms with Gasteiger partial charge in [0.2, 0.25) is 0 Å². The first-order chi connectivity index (χ1) is 7.02. The molecule has 0 aliphatic carbocycles. The van der Waals surface area contributed by atoms with Crippen molar-refractivity contribution in [1.29, 1.82) is 0 Å². The highest BCUT2D eigenvalue weighted by atomic mass is 19.1. The number of hydrogen-bond donors (Lipinski definition) is 3. The number of carbonyl (C=O) groups is 1. The first-order valence-electron chi connectivity index (χ1n) is 4.34. The molecule has 5 heteroatoms. The Kier molecular flexibility index (Phi) is 3.76. The molecule has 3 N–H and O–H groups in total. The molecule has 15 heavy (non-hydrogen) atoms. The van der Waals surface area contributed by atoms with Gasteiger partial charge < -0.3 is 15.3 Å². The van der Waals surface area contributed by atoms with Gasteiger partial charge in [-0.25, -0.2) is 4.39 Å². The first-order valence-corrected chi connectivity index (χ1v) is 4.34. The molecule has 0 saturated heterocycles. The van der Waals surface area contributed by atoms with Crippen LogP contribution in [0.3, 0.4) is 0 Å². The zero-order chi connectivity index (χ0) is 11.4. The Labute approximate surface area is 85.6 Å². The van der Waals surface area contributed by atoms with E-state index in [-0.39, 0.29) is 5.56 Å². The molecule has 1 rings (SSSR count). The zero-order valence-electron chi connectivity index (χ0n) is 7.80. The Balaban J connectivity index is 2.80. The lowest BCUT2D eigenvalue weighted by Gasteiger charge is -2.16. The minimum absolute atomic E-state index is 0.105. The van der Waals surface area contributed by atoms with E-state index in [1.807, 2.05) is 0 Å². The van der Waals surface area contributed by atoms with Gasteiger partial charge >= 0.3 is 5.97 Å². The average molecular weight is 214 g/mol. The second-order valence-electron chi connectivity index (χ2n) is 3.13. The number of aliphatic carboxylic acids is 1. The molecule has 0 fully saturated rings. The maximum atomic E-state index is 13.1. The second kappa shape index (κ2) is 4.86. The number of halogens is 1. The van der Waals surface area contributed by atoms with Crippen LogP contribution < -0.4 is 0 Å². The van der Waals surface area contributed by atoms with Crippen molar-refractivity contribution in [3.63, 3.8) is 0 Å². The largest absolute Gasteiger partial charge is 0.481 e. The van der Waals surface area contributed by atoms with Crippen molar-refractivity contribution >= 4 is 5.97 Å². The number of aliphatic hydroxyl groups is 2. The zero-order valence-corrected chi connectivity index (χ0v) is 7.80. The highest BCUT2D eigenvalue weighted by molar-refractivity contribution is 5.67. The first kappa shape index (κ1) is 11.6. The highest BCUT2D eigenvalue weighted by Gasteiger charge is 2.23. The third kappa shape index (κ3) is 3.00. The lowest BCUT2D eigenvalue weighted by Crippen LogP contribution is -2.22. The van der Waals surface area contributed by atoms with E-state index in [1.54, 1.807) is 0 Å². The van der Waals surface area contributed by atoms with E-state index in [2.05, 4.69) is 0 Å². The van der Waals surface area contributed by atoms with Crippen molar-refractivity contribution in [2.75, 3.05) is 0 Å². The highest BCUT2D eigenvalue weighted by Crippen LogP contribution is 2.21. The summed E-state index contributed by atoms with van der Waals surface area (Å²) in [5.41, 5.74) is -0.105. The maximum Gasteiger partial charge on any atom is 0.306 e. The van der Waals surface area contributed by atoms with Crippen molar-refractivity contribution in [3.8, 4) is 0 Å². The van der Waals surface area contributed by atoms with Gasteiger partial charge in [-0.2, -0.15) is 0 Å². The summed E-state index contributed by atoms with van der Waals surface area (Å²) in [6, 6.07) is 5.36. The van der Waals surface area contributed by atoms with Crippen LogP contribution in [0.25, 0.3) is 0 Å². The van der Waals surface area contributed by atoms with Gasteiger partial charge in [0, 0.05) is 5.56 Å². The third-order valence-electron chi connectivity index (χ3n) is 1.97. The Morgan fingerprint density at radius 2 is 1.93 bits per heavy atom. The fourth-order valence-electron chi connectivity index (χ4n) is 1.21. The molecule has 0 aliphatic heterocycles. The summed E-state index contributed by atoms with van der Waals surface area (Å²) in [4.78, 5) is 10.3. The second-order valence-corrected chi connectivity index (χ2v) is 3.13. The fourth-order valence-corrected chi connectivity index (χ4v) is 1.21. The minimum Gasteiger partial charge on any atom is -0.481 e. The molecule has 0 spiro atoms. The van der Waals surface area contributed by atoms with E-state index in [9.17, 15) is 19.4 Å². The molecule has 0 aliphatic rings. The molecular formula is C10H11FO4. The van der Waals surface area contributed by atoms with E-state index in [0.29, 0.717) is 0 Å². The van der Waals surface area contributed by atoms with Crippen LogP contribution in [0.1, 0.15) is 18.1 Å². The van der Waals surface area contributed by atoms with Gasteiger partial charge in [0.05, 0.1) is 12.5 Å². The predicted molar refractivity (Wildman–Crippen MR) is 49.6 cm³/mol. The predicted octanol–water partition coefficient (Wildman–Crippen LogP) is 0.695. The SMILES string of the molecule is O=C(O)CC(O)C(O)c1ccccc1F. The fraction of sp³-hybridized carbons (Fsp3) is 0.300. The van der Waals surface area contributed by atoms with Gasteiger partial charge in [0.1, 0.15) is 11.9 Å². The summed E-state index contributed by atoms with van der Waals surface area (Å²) in [6.45, 7) is 0. The molecule has 0 aromatic heterocycles. The summed E-state index contributed by atoms with van der Waals surface area (Å²) in [6.07, 6.45) is -3.67. The summed E-state index contributed by atoms with van der Waals surface area (Å²) < 4.78 is 13.1. The van der Waals surface area contributed by atoms with Crippen LogP contribution >= 0.6 is 0 Å². The summed E-state index contributed by atoms with van der Waals surface area (Å²) in [5, 5.41) is 27.1. The van der Waals surface area contributed by atoms with Crippen LogP contribution in [0, 0.1) is 5.82 Å². The molecule has 0 radical (unpaired) electrons. The minimum atomic E-state index is -1.53. The molecule has 0 saturated carbocycles. The lowest BCUT2D eigenvalue weighted by molar-refractivity contribution is -0.141. The molecular weight excluding hydrogens is 203 g/mol. The molecule has 82 valence electrons. The van der Waals surface area contributed by atoms with Crippen LogP contribution in [-0.4, -0.2) is 27.4 Å². The molecule has 1 aromatic rings. The Bertz CT molecular complexity index is 353. The van der Waals surface area contributed by atoms with Crippen molar-refractivity contribution < 1.29 is 24.5 Å². The van der Waals surface area contributed by atoms with E-state index < -0.39 is 30.4 Å². The van der Waals surface area contributed by atoms with Crippen molar-refractivity contribution in [1.82, 2.24) is 0 Å². The van der Waals surface area contributed by atoms with Crippen LogP contribution in [0.4, 0.5) is 4.39 Å². The van der Waals surface area contributed by atoms with E-state index >= 15 is 0 Å². The van der Waals surface area contributed by atoms with Gasteiger partial charge in [0.15, 0.2) is 0 Å². The van der Waals surface area contributed by atoms with Crippen molar-refractivity contribution in [3.05, 3.63) is 35.6 Å². The number of aliphatic hydroxyl groups excluding tert-OH is 2. The molecule has 0 amide bonds. The molecule has 0 bridgehead atoms. The van der Waals surface area contributed by atoms with Crippen LogP contribution in [0.5, 0.6) is 0 Å². The monoisotopic (exact) mass is 214 g/mol. The quantitative estimate of drug-likeness (QED) is 0.689. The van der Waals surface area contributed by atoms with Crippen molar-refractivity contribution in [2.24, 2.45) is 0 Å². The van der Waals surface area contributed by atoms with Crippen LogP contribution in [0.15, 0.2) is 24.3 Å². The van der Waals surface area contributed by atoms with E-state index in [0.717, 1.165) is 6.07 Å². The van der Waals surface area contributed by atoms with Gasteiger partial charge in [0.25, 0.3) is 0 Å². The molecule has 4 nitrogen and oxygen atoms in total. The number of carboxylic acids is 1. The Hall–Kier alpha value is -1.46. The Morgan fingerprint density at radius 3 is 2.47 bits per heavy atom. The van der Waals surface area contributed by atoms with E-state index in [4.69, 9.17) is 5.11 Å². The molecule has 1 aromatic carbocycles. The number of carboxylic acid groups (broad SMARTS) is 1. The topological polar surface area (TPSA) is 77.8 Å². The number of hydrogen-bond acceptors (Lipinski definition) is 3. The Morgan fingerprint density at radius 1 is 1.33 bits per heavy atom. The third-order valence-corrected chi connectivity index (χ3v) is 1.97. The summed E-state index contributed by atoms with van der Waals surface area (Å²) >= 11 is 0. The van der Waals surface area contributed by atoms with Crippen LogP contribution in [0.2, 0.25) is 0 Å². The molecule has 2 atom stereocenters. The van der Waals surface area contributed by atoms with Crippen LogP contribution in [-0.2, 0) is 4.79 Å². The summed E-state index contributed by atoms with van der Waals surface area (Å²) in [5.74, 6) is -1.92.